The van der Waals surface area contributed by atoms with Crippen LogP contribution in [0.1, 0.15) is 6.92 Å². The second kappa shape index (κ2) is 2.77. The van der Waals surface area contributed by atoms with E-state index in [0.717, 1.165) is 12.2 Å². The summed E-state index contributed by atoms with van der Waals surface area (Å²) in [4.78, 5) is 32.6. The zero-order chi connectivity index (χ0) is 9.30. The molecule has 64 valence electrons. The van der Waals surface area contributed by atoms with Gasteiger partial charge < -0.3 is 9.90 Å². The van der Waals surface area contributed by atoms with Gasteiger partial charge in [-0.05, 0) is 6.92 Å². The minimum absolute atomic E-state index is 0.614. The number of hydrogen-bond donors (Lipinski definition) is 0. The molecular formula is C7H6NO4-. The molecule has 0 unspecified atom stereocenters. The molecule has 1 rings (SSSR count). The van der Waals surface area contributed by atoms with Crippen molar-refractivity contribution in [2.75, 3.05) is 0 Å². The van der Waals surface area contributed by atoms with E-state index >= 15 is 0 Å². The first-order chi connectivity index (χ1) is 5.54. The summed E-state index contributed by atoms with van der Waals surface area (Å²) < 4.78 is 0. The van der Waals surface area contributed by atoms with Crippen LogP contribution in [0.15, 0.2) is 12.2 Å². The van der Waals surface area contributed by atoms with Crippen LogP contribution in [0, 0.1) is 0 Å². The SMILES string of the molecule is C[C@@H](C(=O)[O-])N1C(=O)C=CC1=O. The van der Waals surface area contributed by atoms with Gasteiger partial charge in [0.05, 0.1) is 12.0 Å². The number of carbonyl (C=O) groups excluding carboxylic acids is 3. The van der Waals surface area contributed by atoms with E-state index in [2.05, 4.69) is 0 Å². The molecule has 0 radical (unpaired) electrons. The second-order valence-corrected chi connectivity index (χ2v) is 2.37. The first-order valence-electron chi connectivity index (χ1n) is 3.30. The molecule has 1 heterocycles. The molecule has 12 heavy (non-hydrogen) atoms. The van der Waals surface area contributed by atoms with Gasteiger partial charge >= 0.3 is 0 Å². The molecule has 0 aromatic rings. The van der Waals surface area contributed by atoms with Crippen LogP contribution >= 0.6 is 0 Å². The number of imide groups is 1. The van der Waals surface area contributed by atoms with Crippen LogP contribution in [0.2, 0.25) is 0 Å². The molecule has 0 aromatic carbocycles. The van der Waals surface area contributed by atoms with Crippen molar-refractivity contribution >= 4 is 17.8 Å². The smallest absolute Gasteiger partial charge is 0.254 e. The van der Waals surface area contributed by atoms with E-state index in [0.29, 0.717) is 4.90 Å². The van der Waals surface area contributed by atoms with Crippen LogP contribution in [0.4, 0.5) is 0 Å². The maximum Gasteiger partial charge on any atom is 0.254 e. The first-order valence-corrected chi connectivity index (χ1v) is 3.30. The molecule has 0 aromatic heterocycles. The zero-order valence-electron chi connectivity index (χ0n) is 6.31. The van der Waals surface area contributed by atoms with Crippen LogP contribution in [-0.2, 0) is 14.4 Å². The Morgan fingerprint density at radius 2 is 1.83 bits per heavy atom. The van der Waals surface area contributed by atoms with E-state index in [1.54, 1.807) is 0 Å². The van der Waals surface area contributed by atoms with E-state index in [1.165, 1.54) is 6.92 Å². The van der Waals surface area contributed by atoms with E-state index in [-0.39, 0.29) is 0 Å². The molecule has 0 aliphatic carbocycles. The molecule has 0 bridgehead atoms. The van der Waals surface area contributed by atoms with Crippen LogP contribution in [-0.4, -0.2) is 28.7 Å². The Morgan fingerprint density at radius 3 is 2.17 bits per heavy atom. The summed E-state index contributed by atoms with van der Waals surface area (Å²) in [5.41, 5.74) is 0. The Bertz CT molecular complexity index is 263. The molecule has 2 amide bonds. The molecule has 0 saturated carbocycles. The quantitative estimate of drug-likeness (QED) is 0.449. The number of carboxylic acid groups (broad SMARTS) is 1. The Kier molecular flexibility index (Phi) is 1.95. The Hall–Kier alpha value is -1.65. The minimum Gasteiger partial charge on any atom is -0.548 e. The second-order valence-electron chi connectivity index (χ2n) is 2.37. The number of carbonyl (C=O) groups is 3. The van der Waals surface area contributed by atoms with Gasteiger partial charge in [-0.25, -0.2) is 0 Å². The van der Waals surface area contributed by atoms with Crippen molar-refractivity contribution in [1.29, 1.82) is 0 Å². The fourth-order valence-corrected chi connectivity index (χ4v) is 0.899. The third-order valence-electron chi connectivity index (χ3n) is 1.57. The third kappa shape index (κ3) is 1.20. The lowest BCUT2D eigenvalue weighted by atomic mass is 10.3. The number of aliphatic carboxylic acids is 1. The average molecular weight is 168 g/mol. The summed E-state index contributed by atoms with van der Waals surface area (Å²) in [6.45, 7) is 1.22. The van der Waals surface area contributed by atoms with Gasteiger partial charge in [-0.3, -0.25) is 14.5 Å². The molecule has 0 fully saturated rings. The molecule has 1 aliphatic heterocycles. The lowest BCUT2D eigenvalue weighted by Crippen LogP contribution is -2.48. The molecule has 1 aliphatic rings. The van der Waals surface area contributed by atoms with Crippen LogP contribution < -0.4 is 5.11 Å². The van der Waals surface area contributed by atoms with Crippen molar-refractivity contribution in [1.82, 2.24) is 4.90 Å². The lowest BCUT2D eigenvalue weighted by Gasteiger charge is -2.22. The van der Waals surface area contributed by atoms with Crippen molar-refractivity contribution in [3.63, 3.8) is 0 Å². The Morgan fingerprint density at radius 1 is 1.42 bits per heavy atom. The Balaban J connectivity index is 2.83. The van der Waals surface area contributed by atoms with Gasteiger partial charge in [0, 0.05) is 12.2 Å². The summed E-state index contributed by atoms with van der Waals surface area (Å²) in [5, 5.41) is 10.3. The van der Waals surface area contributed by atoms with E-state index in [9.17, 15) is 19.5 Å². The van der Waals surface area contributed by atoms with Gasteiger partial charge in [-0.1, -0.05) is 0 Å². The van der Waals surface area contributed by atoms with E-state index in [1.807, 2.05) is 0 Å². The monoisotopic (exact) mass is 168 g/mol. The molecule has 0 N–H and O–H groups in total. The largest absolute Gasteiger partial charge is 0.548 e. The summed E-state index contributed by atoms with van der Waals surface area (Å²) in [7, 11) is 0. The van der Waals surface area contributed by atoms with Crippen molar-refractivity contribution in [2.24, 2.45) is 0 Å². The molecule has 5 heteroatoms. The van der Waals surface area contributed by atoms with E-state index in [4.69, 9.17) is 0 Å². The fraction of sp³-hybridized carbons (Fsp3) is 0.286. The zero-order valence-corrected chi connectivity index (χ0v) is 6.31. The van der Waals surface area contributed by atoms with Gasteiger partial charge in [-0.2, -0.15) is 0 Å². The van der Waals surface area contributed by atoms with Crippen LogP contribution in [0.3, 0.4) is 0 Å². The summed E-state index contributed by atoms with van der Waals surface area (Å²) in [6.07, 6.45) is 2.06. The summed E-state index contributed by atoms with van der Waals surface area (Å²) >= 11 is 0. The normalized spacial score (nSPS) is 18.6. The van der Waals surface area contributed by atoms with Crippen LogP contribution in [0.25, 0.3) is 0 Å². The Labute approximate surface area is 68.3 Å². The number of rotatable bonds is 2. The average Bonchev–Trinajstić information content (AvgIpc) is 2.30. The highest BCUT2D eigenvalue weighted by atomic mass is 16.4. The van der Waals surface area contributed by atoms with Crippen molar-refractivity contribution in [3.05, 3.63) is 12.2 Å². The number of amides is 2. The van der Waals surface area contributed by atoms with Gasteiger partial charge in [0.25, 0.3) is 11.8 Å². The van der Waals surface area contributed by atoms with Crippen molar-refractivity contribution in [3.8, 4) is 0 Å². The van der Waals surface area contributed by atoms with Gasteiger partial charge in [0.2, 0.25) is 0 Å². The first kappa shape index (κ1) is 8.45. The summed E-state index contributed by atoms with van der Waals surface area (Å²) in [6, 6.07) is -1.21. The highest BCUT2D eigenvalue weighted by molar-refractivity contribution is 6.14. The van der Waals surface area contributed by atoms with Gasteiger partial charge in [0.15, 0.2) is 0 Å². The van der Waals surface area contributed by atoms with Crippen LogP contribution in [0.5, 0.6) is 0 Å². The predicted molar refractivity (Wildman–Crippen MR) is 35.5 cm³/mol. The number of nitrogens with zero attached hydrogens (tertiary/aromatic N) is 1. The molecule has 5 nitrogen and oxygen atoms in total. The summed E-state index contributed by atoms with van der Waals surface area (Å²) in [5.74, 6) is -2.67. The molecule has 0 spiro atoms. The number of carboxylic acids is 1. The topological polar surface area (TPSA) is 77.5 Å². The van der Waals surface area contributed by atoms with E-state index < -0.39 is 23.8 Å². The standard InChI is InChI=1S/C7H7NO4/c1-4(7(11)12)8-5(9)2-3-6(8)10/h2-4H,1H3,(H,11,12)/p-1/t4-/m0/s1. The highest BCUT2D eigenvalue weighted by Gasteiger charge is 2.28. The van der Waals surface area contributed by atoms with Crippen molar-refractivity contribution in [2.45, 2.75) is 13.0 Å². The molecule has 0 saturated heterocycles. The maximum atomic E-state index is 10.9. The molecule has 1 atom stereocenters. The minimum atomic E-state index is -1.44. The van der Waals surface area contributed by atoms with Gasteiger partial charge in [0.1, 0.15) is 0 Å². The van der Waals surface area contributed by atoms with Crippen molar-refractivity contribution < 1.29 is 19.5 Å². The third-order valence-corrected chi connectivity index (χ3v) is 1.57. The van der Waals surface area contributed by atoms with Gasteiger partial charge in [-0.15, -0.1) is 0 Å². The fourth-order valence-electron chi connectivity index (χ4n) is 0.899. The highest BCUT2D eigenvalue weighted by Crippen LogP contribution is 2.07. The molecular weight excluding hydrogens is 162 g/mol. The lowest BCUT2D eigenvalue weighted by molar-refractivity contribution is -0.310. The maximum absolute atomic E-state index is 10.9. The number of hydrogen-bond acceptors (Lipinski definition) is 4. The predicted octanol–water partition coefficient (Wildman–Crippen LogP) is -1.95.